The summed E-state index contributed by atoms with van der Waals surface area (Å²) in [5, 5.41) is 7.00. The van der Waals surface area contributed by atoms with Crippen molar-refractivity contribution in [2.24, 2.45) is 0 Å². The lowest BCUT2D eigenvalue weighted by molar-refractivity contribution is -0.173. The Morgan fingerprint density at radius 3 is 2.89 bits per heavy atom. The SMILES string of the molecule is FC(F)(F)COCCc1noc([C@@H]2CCCCN2)n1. The molecule has 0 unspecified atom stereocenters. The predicted molar refractivity (Wildman–Crippen MR) is 59.5 cm³/mol. The van der Waals surface area contributed by atoms with E-state index >= 15 is 0 Å². The van der Waals surface area contributed by atoms with Crippen molar-refractivity contribution in [1.82, 2.24) is 15.5 Å². The fraction of sp³-hybridized carbons (Fsp3) is 0.818. The van der Waals surface area contributed by atoms with Gasteiger partial charge in [0, 0.05) is 6.42 Å². The normalized spacial score (nSPS) is 20.7. The maximum atomic E-state index is 11.8. The van der Waals surface area contributed by atoms with Crippen LogP contribution < -0.4 is 5.32 Å². The molecule has 1 N–H and O–H groups in total. The van der Waals surface area contributed by atoms with Crippen molar-refractivity contribution in [3.63, 3.8) is 0 Å². The Kier molecular flexibility index (Phi) is 4.76. The molecule has 8 heteroatoms. The number of hydrogen-bond donors (Lipinski definition) is 1. The molecule has 0 radical (unpaired) electrons. The van der Waals surface area contributed by atoms with Crippen LogP contribution in [0.15, 0.2) is 4.52 Å². The predicted octanol–water partition coefficient (Wildman–Crippen LogP) is 2.01. The minimum atomic E-state index is -4.30. The molecule has 2 rings (SSSR count). The van der Waals surface area contributed by atoms with Crippen LogP contribution in [0.1, 0.15) is 37.0 Å². The van der Waals surface area contributed by atoms with Gasteiger partial charge in [-0.05, 0) is 19.4 Å². The number of nitrogens with one attached hydrogen (secondary N) is 1. The molecular weight excluding hydrogens is 263 g/mol. The summed E-state index contributed by atoms with van der Waals surface area (Å²) in [5.74, 6) is 0.884. The Hall–Kier alpha value is -1.15. The van der Waals surface area contributed by atoms with Gasteiger partial charge in [-0.15, -0.1) is 0 Å². The molecule has 0 saturated carbocycles. The van der Waals surface area contributed by atoms with Gasteiger partial charge >= 0.3 is 6.18 Å². The number of aromatic nitrogens is 2. The maximum Gasteiger partial charge on any atom is 0.411 e. The van der Waals surface area contributed by atoms with Crippen LogP contribution >= 0.6 is 0 Å². The van der Waals surface area contributed by atoms with Gasteiger partial charge in [0.05, 0.1) is 12.6 Å². The number of halogens is 3. The van der Waals surface area contributed by atoms with Gasteiger partial charge in [0.1, 0.15) is 6.61 Å². The molecule has 1 fully saturated rings. The third-order valence-electron chi connectivity index (χ3n) is 2.83. The van der Waals surface area contributed by atoms with Crippen LogP contribution in [0.25, 0.3) is 0 Å². The van der Waals surface area contributed by atoms with Gasteiger partial charge in [-0.25, -0.2) is 0 Å². The van der Waals surface area contributed by atoms with Gasteiger partial charge < -0.3 is 14.6 Å². The van der Waals surface area contributed by atoms with Crippen molar-refractivity contribution < 1.29 is 22.4 Å². The van der Waals surface area contributed by atoms with E-state index in [0.717, 1.165) is 25.8 Å². The number of hydrogen-bond acceptors (Lipinski definition) is 5. The highest BCUT2D eigenvalue weighted by Crippen LogP contribution is 2.21. The number of nitrogens with zero attached hydrogens (tertiary/aromatic N) is 2. The van der Waals surface area contributed by atoms with Gasteiger partial charge in [0.15, 0.2) is 5.82 Å². The molecule has 0 aromatic carbocycles. The van der Waals surface area contributed by atoms with Crippen molar-refractivity contribution in [1.29, 1.82) is 0 Å². The van der Waals surface area contributed by atoms with Gasteiger partial charge in [-0.1, -0.05) is 11.6 Å². The van der Waals surface area contributed by atoms with Crippen LogP contribution in [-0.4, -0.2) is 36.1 Å². The summed E-state index contributed by atoms with van der Waals surface area (Å²) >= 11 is 0. The second kappa shape index (κ2) is 6.33. The van der Waals surface area contributed by atoms with E-state index < -0.39 is 12.8 Å². The standard InChI is InChI=1S/C11H16F3N3O2/c12-11(13,14)7-18-6-4-9-16-10(19-17-9)8-3-1-2-5-15-8/h8,15H,1-7H2/t8-/m0/s1. The number of alkyl halides is 3. The molecule has 19 heavy (non-hydrogen) atoms. The molecule has 1 aliphatic heterocycles. The molecule has 1 aromatic heterocycles. The lowest BCUT2D eigenvalue weighted by Crippen LogP contribution is -2.27. The molecule has 2 heterocycles. The summed E-state index contributed by atoms with van der Waals surface area (Å²) in [6, 6.07) is 0.0612. The monoisotopic (exact) mass is 279 g/mol. The smallest absolute Gasteiger partial charge is 0.372 e. The number of piperidine rings is 1. The summed E-state index contributed by atoms with van der Waals surface area (Å²) in [6.45, 7) is -0.407. The Morgan fingerprint density at radius 2 is 2.21 bits per heavy atom. The summed E-state index contributed by atoms with van der Waals surface area (Å²) in [4.78, 5) is 4.17. The van der Waals surface area contributed by atoms with Gasteiger partial charge in [-0.2, -0.15) is 18.2 Å². The topological polar surface area (TPSA) is 60.2 Å². The molecule has 0 spiro atoms. The van der Waals surface area contributed by atoms with Gasteiger partial charge in [0.25, 0.3) is 0 Å². The lowest BCUT2D eigenvalue weighted by Gasteiger charge is -2.19. The van der Waals surface area contributed by atoms with E-state index in [1.165, 1.54) is 0 Å². The van der Waals surface area contributed by atoms with Crippen molar-refractivity contribution in [2.45, 2.75) is 37.9 Å². The van der Waals surface area contributed by atoms with E-state index in [9.17, 15) is 13.2 Å². The minimum absolute atomic E-state index is 0.0612. The highest BCUT2D eigenvalue weighted by molar-refractivity contribution is 4.94. The van der Waals surface area contributed by atoms with E-state index in [2.05, 4.69) is 20.2 Å². The van der Waals surface area contributed by atoms with Crippen molar-refractivity contribution in [3.8, 4) is 0 Å². The molecule has 0 bridgehead atoms. The first-order chi connectivity index (χ1) is 9.04. The molecule has 0 amide bonds. The summed E-state index contributed by atoms with van der Waals surface area (Å²) in [5.41, 5.74) is 0. The zero-order chi connectivity index (χ0) is 13.7. The second-order valence-corrected chi connectivity index (χ2v) is 4.47. The zero-order valence-electron chi connectivity index (χ0n) is 10.4. The molecular formula is C11H16F3N3O2. The van der Waals surface area contributed by atoms with Gasteiger partial charge in [0.2, 0.25) is 5.89 Å². The molecule has 5 nitrogen and oxygen atoms in total. The highest BCUT2D eigenvalue weighted by atomic mass is 19.4. The Morgan fingerprint density at radius 1 is 1.37 bits per heavy atom. The third-order valence-corrected chi connectivity index (χ3v) is 2.83. The van der Waals surface area contributed by atoms with Crippen LogP contribution in [0.4, 0.5) is 13.2 Å². The number of rotatable bonds is 5. The zero-order valence-corrected chi connectivity index (χ0v) is 10.4. The minimum Gasteiger partial charge on any atom is -0.372 e. The fourth-order valence-corrected chi connectivity index (χ4v) is 1.92. The molecule has 1 aromatic rings. The molecule has 108 valence electrons. The lowest BCUT2D eigenvalue weighted by atomic mass is 10.1. The van der Waals surface area contributed by atoms with Crippen LogP contribution in [0.3, 0.4) is 0 Å². The van der Waals surface area contributed by atoms with Crippen LogP contribution in [0, 0.1) is 0 Å². The molecule has 1 aliphatic rings. The van der Waals surface area contributed by atoms with Gasteiger partial charge in [-0.3, -0.25) is 0 Å². The molecule has 1 saturated heterocycles. The average molecular weight is 279 g/mol. The first kappa shape index (κ1) is 14.3. The largest absolute Gasteiger partial charge is 0.411 e. The van der Waals surface area contributed by atoms with E-state index in [0.29, 0.717) is 11.7 Å². The van der Waals surface area contributed by atoms with Crippen molar-refractivity contribution in [2.75, 3.05) is 19.8 Å². The third kappa shape index (κ3) is 4.79. The summed E-state index contributed by atoms with van der Waals surface area (Å²) in [6.07, 6.45) is -0.917. The van der Waals surface area contributed by atoms with Crippen LogP contribution in [0.2, 0.25) is 0 Å². The summed E-state index contributed by atoms with van der Waals surface area (Å²) < 4.78 is 45.1. The number of ether oxygens (including phenoxy) is 1. The second-order valence-electron chi connectivity index (χ2n) is 4.47. The fourth-order valence-electron chi connectivity index (χ4n) is 1.92. The quantitative estimate of drug-likeness (QED) is 0.835. The Labute approximate surface area is 108 Å². The Bertz CT molecular complexity index is 389. The van der Waals surface area contributed by atoms with Crippen molar-refractivity contribution >= 4 is 0 Å². The first-order valence-electron chi connectivity index (χ1n) is 6.25. The van der Waals surface area contributed by atoms with Crippen molar-refractivity contribution in [3.05, 3.63) is 11.7 Å². The van der Waals surface area contributed by atoms with E-state index in [1.807, 2.05) is 0 Å². The van der Waals surface area contributed by atoms with Crippen LogP contribution in [-0.2, 0) is 11.2 Å². The van der Waals surface area contributed by atoms with E-state index in [4.69, 9.17) is 4.52 Å². The van der Waals surface area contributed by atoms with E-state index in [-0.39, 0.29) is 19.1 Å². The highest BCUT2D eigenvalue weighted by Gasteiger charge is 2.27. The molecule has 0 aliphatic carbocycles. The van der Waals surface area contributed by atoms with E-state index in [1.54, 1.807) is 0 Å². The average Bonchev–Trinajstić information content (AvgIpc) is 2.83. The van der Waals surface area contributed by atoms with Crippen LogP contribution in [0.5, 0.6) is 0 Å². The molecule has 1 atom stereocenters. The Balaban J connectivity index is 1.74. The summed E-state index contributed by atoms with van der Waals surface area (Å²) in [7, 11) is 0. The maximum absolute atomic E-state index is 11.8. The first-order valence-corrected chi connectivity index (χ1v) is 6.25.